The number of nitrogens with one attached hydrogen (secondary N) is 1. The van der Waals surface area contributed by atoms with Crippen molar-refractivity contribution in [3.63, 3.8) is 0 Å². The second-order valence-corrected chi connectivity index (χ2v) is 3.96. The van der Waals surface area contributed by atoms with Crippen LogP contribution in [0.3, 0.4) is 0 Å². The Hall–Kier alpha value is -2.63. The molecule has 3 rings (SSSR count). The van der Waals surface area contributed by atoms with E-state index in [4.69, 9.17) is 0 Å². The van der Waals surface area contributed by atoms with Crippen molar-refractivity contribution in [1.82, 2.24) is 19.6 Å². The topological polar surface area (TPSA) is 83.3 Å². The van der Waals surface area contributed by atoms with Crippen LogP contribution in [0.2, 0.25) is 0 Å². The van der Waals surface area contributed by atoms with Crippen molar-refractivity contribution in [3.05, 3.63) is 46.5 Å². The molecule has 0 saturated heterocycles. The number of aryl methyl sites for hydroxylation is 1. The van der Waals surface area contributed by atoms with E-state index in [1.54, 1.807) is 6.07 Å². The Labute approximate surface area is 102 Å². The van der Waals surface area contributed by atoms with Crippen molar-refractivity contribution in [2.75, 3.05) is 0 Å². The maximum Gasteiger partial charge on any atom is 0.264 e. The summed E-state index contributed by atoms with van der Waals surface area (Å²) in [6, 6.07) is 7.34. The summed E-state index contributed by atoms with van der Waals surface area (Å²) in [7, 11) is 0. The van der Waals surface area contributed by atoms with Gasteiger partial charge in [-0.2, -0.15) is 14.6 Å². The molecule has 2 N–H and O–H groups in total. The van der Waals surface area contributed by atoms with E-state index in [1.807, 2.05) is 25.1 Å². The molecular formula is C12H10N4O2. The molecule has 0 aliphatic rings. The summed E-state index contributed by atoms with van der Waals surface area (Å²) >= 11 is 0. The first-order valence-corrected chi connectivity index (χ1v) is 5.39. The zero-order valence-corrected chi connectivity index (χ0v) is 9.58. The van der Waals surface area contributed by atoms with Crippen molar-refractivity contribution in [2.45, 2.75) is 6.92 Å². The van der Waals surface area contributed by atoms with E-state index in [0.29, 0.717) is 5.56 Å². The van der Waals surface area contributed by atoms with Crippen LogP contribution in [0, 0.1) is 6.92 Å². The van der Waals surface area contributed by atoms with Crippen LogP contribution >= 0.6 is 0 Å². The van der Waals surface area contributed by atoms with E-state index in [1.165, 1.54) is 10.8 Å². The minimum Gasteiger partial charge on any atom is -0.493 e. The SMILES string of the molecule is Cc1ccccc1-c1c(O)n2ncnc2[nH]c1=O. The van der Waals surface area contributed by atoms with Gasteiger partial charge in [0, 0.05) is 0 Å². The minimum absolute atomic E-state index is 0.200. The number of hydrogen-bond acceptors (Lipinski definition) is 4. The first kappa shape index (κ1) is 10.5. The number of rotatable bonds is 1. The second-order valence-electron chi connectivity index (χ2n) is 3.96. The molecule has 90 valence electrons. The highest BCUT2D eigenvalue weighted by Gasteiger charge is 2.16. The summed E-state index contributed by atoms with van der Waals surface area (Å²) in [5, 5.41) is 14.0. The quantitative estimate of drug-likeness (QED) is 0.669. The Kier molecular flexibility index (Phi) is 2.16. The summed E-state index contributed by atoms with van der Waals surface area (Å²) < 4.78 is 1.20. The number of fused-ring (bicyclic) bond motifs is 1. The molecule has 0 aliphatic heterocycles. The zero-order valence-electron chi connectivity index (χ0n) is 9.58. The third-order valence-corrected chi connectivity index (χ3v) is 2.84. The number of H-pyrrole nitrogens is 1. The van der Waals surface area contributed by atoms with Crippen molar-refractivity contribution in [1.29, 1.82) is 0 Å². The van der Waals surface area contributed by atoms with E-state index < -0.39 is 0 Å². The molecule has 0 amide bonds. The number of hydrogen-bond donors (Lipinski definition) is 2. The molecule has 1 aromatic carbocycles. The Bertz CT molecular complexity index is 788. The molecule has 0 spiro atoms. The molecule has 3 aromatic rings. The van der Waals surface area contributed by atoms with Crippen molar-refractivity contribution >= 4 is 5.78 Å². The van der Waals surface area contributed by atoms with E-state index in [-0.39, 0.29) is 22.8 Å². The monoisotopic (exact) mass is 242 g/mol. The van der Waals surface area contributed by atoms with Crippen LogP contribution in [0.4, 0.5) is 0 Å². The molecule has 0 atom stereocenters. The standard InChI is InChI=1S/C12H10N4O2/c1-7-4-2-3-5-8(7)9-10(17)15-12-13-6-14-16(12)11(9)18/h2-6,18H,1H3,(H,13,14,15,17). The molecule has 0 radical (unpaired) electrons. The summed E-state index contributed by atoms with van der Waals surface area (Å²) in [5.74, 6) is 0.00961. The fourth-order valence-corrected chi connectivity index (χ4v) is 1.95. The molecule has 6 heteroatoms. The lowest BCUT2D eigenvalue weighted by Crippen LogP contribution is -2.13. The third kappa shape index (κ3) is 1.39. The first-order valence-electron chi connectivity index (χ1n) is 5.39. The Balaban J connectivity index is 2.43. The highest BCUT2D eigenvalue weighted by molar-refractivity contribution is 5.71. The second kappa shape index (κ2) is 3.69. The van der Waals surface area contributed by atoms with Gasteiger partial charge >= 0.3 is 0 Å². The minimum atomic E-state index is -0.387. The van der Waals surface area contributed by atoms with Gasteiger partial charge in [0.2, 0.25) is 11.7 Å². The zero-order chi connectivity index (χ0) is 12.7. The fraction of sp³-hybridized carbons (Fsp3) is 0.0833. The summed E-state index contributed by atoms with van der Waals surface area (Å²) in [5.41, 5.74) is 1.39. The predicted octanol–water partition coefficient (Wildman–Crippen LogP) is 1.10. The summed E-state index contributed by atoms with van der Waals surface area (Å²) in [6.45, 7) is 1.87. The summed E-state index contributed by atoms with van der Waals surface area (Å²) in [4.78, 5) is 18.4. The lowest BCUT2D eigenvalue weighted by atomic mass is 10.0. The molecular weight excluding hydrogens is 232 g/mol. The smallest absolute Gasteiger partial charge is 0.264 e. The number of aromatic amines is 1. The molecule has 6 nitrogen and oxygen atoms in total. The van der Waals surface area contributed by atoms with Gasteiger partial charge in [-0.25, -0.2) is 0 Å². The van der Waals surface area contributed by atoms with E-state index >= 15 is 0 Å². The Morgan fingerprint density at radius 3 is 2.89 bits per heavy atom. The Morgan fingerprint density at radius 1 is 1.33 bits per heavy atom. The summed E-state index contributed by atoms with van der Waals surface area (Å²) in [6.07, 6.45) is 1.27. The van der Waals surface area contributed by atoms with Crippen molar-refractivity contribution in [2.24, 2.45) is 0 Å². The van der Waals surface area contributed by atoms with Gasteiger partial charge in [0.25, 0.3) is 5.56 Å². The van der Waals surface area contributed by atoms with Gasteiger partial charge < -0.3 is 5.11 Å². The lowest BCUT2D eigenvalue weighted by molar-refractivity contribution is 0.436. The lowest BCUT2D eigenvalue weighted by Gasteiger charge is -2.07. The molecule has 0 saturated carbocycles. The number of aromatic nitrogens is 4. The van der Waals surface area contributed by atoms with Gasteiger partial charge in [-0.05, 0) is 18.1 Å². The normalized spacial score (nSPS) is 10.9. The van der Waals surface area contributed by atoms with Gasteiger partial charge in [-0.3, -0.25) is 9.78 Å². The predicted molar refractivity (Wildman–Crippen MR) is 65.4 cm³/mol. The molecule has 2 heterocycles. The van der Waals surface area contributed by atoms with Crippen LogP contribution in [0.5, 0.6) is 5.88 Å². The van der Waals surface area contributed by atoms with Crippen molar-refractivity contribution in [3.8, 4) is 17.0 Å². The van der Waals surface area contributed by atoms with Crippen molar-refractivity contribution < 1.29 is 5.11 Å². The van der Waals surface area contributed by atoms with E-state index in [9.17, 15) is 9.90 Å². The molecule has 2 aromatic heterocycles. The van der Waals surface area contributed by atoms with Crippen LogP contribution in [0.1, 0.15) is 5.56 Å². The average molecular weight is 242 g/mol. The molecule has 0 bridgehead atoms. The largest absolute Gasteiger partial charge is 0.493 e. The molecule has 0 unspecified atom stereocenters. The van der Waals surface area contributed by atoms with Gasteiger partial charge in [-0.1, -0.05) is 24.3 Å². The molecule has 0 fully saturated rings. The van der Waals surface area contributed by atoms with E-state index in [2.05, 4.69) is 15.1 Å². The van der Waals surface area contributed by atoms with Crippen LogP contribution in [-0.4, -0.2) is 24.7 Å². The molecule has 0 aliphatic carbocycles. The maximum atomic E-state index is 12.0. The third-order valence-electron chi connectivity index (χ3n) is 2.84. The number of nitrogens with zero attached hydrogens (tertiary/aromatic N) is 3. The van der Waals surface area contributed by atoms with Gasteiger partial charge in [0.05, 0.1) is 0 Å². The van der Waals surface area contributed by atoms with E-state index in [0.717, 1.165) is 5.56 Å². The Morgan fingerprint density at radius 2 is 2.11 bits per heavy atom. The number of aromatic hydroxyl groups is 1. The van der Waals surface area contributed by atoms with Crippen LogP contribution < -0.4 is 5.56 Å². The highest BCUT2D eigenvalue weighted by Crippen LogP contribution is 2.27. The number of benzene rings is 1. The maximum absolute atomic E-state index is 12.0. The van der Waals surface area contributed by atoms with Crippen LogP contribution in [0.15, 0.2) is 35.4 Å². The van der Waals surface area contributed by atoms with Gasteiger partial charge in [0.1, 0.15) is 11.9 Å². The fourth-order valence-electron chi connectivity index (χ4n) is 1.95. The van der Waals surface area contributed by atoms with Gasteiger partial charge in [-0.15, -0.1) is 0 Å². The van der Waals surface area contributed by atoms with Gasteiger partial charge in [0.15, 0.2) is 0 Å². The van der Waals surface area contributed by atoms with Crippen LogP contribution in [0.25, 0.3) is 16.9 Å². The average Bonchev–Trinajstić information content (AvgIpc) is 2.79. The first-order chi connectivity index (χ1) is 8.68. The van der Waals surface area contributed by atoms with Crippen LogP contribution in [-0.2, 0) is 0 Å². The highest BCUT2D eigenvalue weighted by atomic mass is 16.3. The molecule has 18 heavy (non-hydrogen) atoms.